The van der Waals surface area contributed by atoms with Crippen LogP contribution in [-0.4, -0.2) is 36.0 Å². The van der Waals surface area contributed by atoms with E-state index in [1.165, 1.54) is 25.0 Å². The Morgan fingerprint density at radius 2 is 2.15 bits per heavy atom. The normalized spacial score (nSPS) is 22.6. The molecular formula is C16H21FN2O. The minimum absolute atomic E-state index is 0.0284. The Morgan fingerprint density at radius 1 is 1.30 bits per heavy atom. The molecule has 1 saturated heterocycles. The molecular weight excluding hydrogens is 255 g/mol. The molecule has 3 rings (SSSR count). The minimum Gasteiger partial charge on any atom is -0.334 e. The number of benzene rings is 1. The predicted octanol–water partition coefficient (Wildman–Crippen LogP) is 2.57. The first kappa shape index (κ1) is 13.6. The number of carbonyl (C=O) groups is 1. The highest BCUT2D eigenvalue weighted by atomic mass is 19.1. The molecule has 3 nitrogen and oxygen atoms in total. The summed E-state index contributed by atoms with van der Waals surface area (Å²) in [7, 11) is 0. The Labute approximate surface area is 119 Å². The molecule has 1 amide bonds. The maximum atomic E-state index is 13.3. The van der Waals surface area contributed by atoms with Crippen molar-refractivity contribution in [1.29, 1.82) is 0 Å². The van der Waals surface area contributed by atoms with Gasteiger partial charge < -0.3 is 10.2 Å². The summed E-state index contributed by atoms with van der Waals surface area (Å²) >= 11 is 0. The molecule has 0 bridgehead atoms. The largest absolute Gasteiger partial charge is 0.334 e. The molecule has 1 saturated carbocycles. The molecule has 1 N–H and O–H groups in total. The van der Waals surface area contributed by atoms with E-state index in [0.29, 0.717) is 17.6 Å². The van der Waals surface area contributed by atoms with Crippen LogP contribution in [0.3, 0.4) is 0 Å². The molecule has 0 spiro atoms. The van der Waals surface area contributed by atoms with E-state index in [1.807, 2.05) is 4.90 Å². The third-order valence-corrected chi connectivity index (χ3v) is 4.15. The molecule has 4 heteroatoms. The average molecular weight is 276 g/mol. The number of nitrogens with zero attached hydrogens (tertiary/aromatic N) is 1. The summed E-state index contributed by atoms with van der Waals surface area (Å²) in [6.07, 6.45) is 5.73. The van der Waals surface area contributed by atoms with Crippen LogP contribution >= 0.6 is 0 Å². The molecule has 1 unspecified atom stereocenters. The second-order valence-corrected chi connectivity index (χ2v) is 5.85. The lowest BCUT2D eigenvalue weighted by molar-refractivity contribution is 0.0717. The Morgan fingerprint density at radius 3 is 2.80 bits per heavy atom. The number of piperidine rings is 1. The zero-order chi connectivity index (χ0) is 13.9. The van der Waals surface area contributed by atoms with Gasteiger partial charge in [0.05, 0.1) is 0 Å². The van der Waals surface area contributed by atoms with E-state index in [2.05, 4.69) is 5.32 Å². The summed E-state index contributed by atoms with van der Waals surface area (Å²) in [5.74, 6) is -0.373. The molecule has 2 aliphatic rings. The lowest BCUT2D eigenvalue weighted by Crippen LogP contribution is -2.46. The van der Waals surface area contributed by atoms with Crippen molar-refractivity contribution in [3.8, 4) is 0 Å². The van der Waals surface area contributed by atoms with Crippen LogP contribution in [-0.2, 0) is 0 Å². The first-order chi connectivity index (χ1) is 9.74. The van der Waals surface area contributed by atoms with Gasteiger partial charge >= 0.3 is 0 Å². The number of carbonyl (C=O) groups excluding carboxylic acids is 1. The van der Waals surface area contributed by atoms with Crippen molar-refractivity contribution >= 4 is 5.91 Å². The van der Waals surface area contributed by atoms with Crippen molar-refractivity contribution in [3.63, 3.8) is 0 Å². The van der Waals surface area contributed by atoms with E-state index in [-0.39, 0.29) is 11.7 Å². The van der Waals surface area contributed by atoms with Gasteiger partial charge in [-0.3, -0.25) is 4.79 Å². The van der Waals surface area contributed by atoms with Crippen LogP contribution in [0.1, 0.15) is 42.5 Å². The van der Waals surface area contributed by atoms with Crippen molar-refractivity contribution in [3.05, 3.63) is 35.6 Å². The van der Waals surface area contributed by atoms with Crippen molar-refractivity contribution in [2.45, 2.75) is 44.2 Å². The Kier molecular flexibility index (Phi) is 4.01. The number of halogens is 1. The van der Waals surface area contributed by atoms with Crippen LogP contribution in [0.5, 0.6) is 0 Å². The molecule has 1 aromatic rings. The summed E-state index contributed by atoms with van der Waals surface area (Å²) in [6, 6.07) is 6.77. The lowest BCUT2D eigenvalue weighted by atomic mass is 10.0. The van der Waals surface area contributed by atoms with E-state index in [1.54, 1.807) is 12.1 Å². The van der Waals surface area contributed by atoms with Gasteiger partial charge in [0.15, 0.2) is 0 Å². The van der Waals surface area contributed by atoms with E-state index >= 15 is 0 Å². The van der Waals surface area contributed by atoms with Crippen LogP contribution in [0, 0.1) is 5.82 Å². The zero-order valence-corrected chi connectivity index (χ0v) is 11.6. The third kappa shape index (κ3) is 3.18. The highest BCUT2D eigenvalue weighted by Crippen LogP contribution is 2.29. The second-order valence-electron chi connectivity index (χ2n) is 5.85. The number of hydrogen-bond acceptors (Lipinski definition) is 2. The predicted molar refractivity (Wildman–Crippen MR) is 76.1 cm³/mol. The monoisotopic (exact) mass is 276 g/mol. The molecule has 108 valence electrons. The summed E-state index contributed by atoms with van der Waals surface area (Å²) in [6.45, 7) is 1.79. The van der Waals surface area contributed by atoms with Gasteiger partial charge in [0.25, 0.3) is 5.91 Å². The SMILES string of the molecule is O=C(c1cccc(F)c1)N(CC1CCCCN1)C1CC1. The molecule has 1 atom stereocenters. The first-order valence-electron chi connectivity index (χ1n) is 7.54. The van der Waals surface area contributed by atoms with Gasteiger partial charge in [0.2, 0.25) is 0 Å². The number of hydrogen-bond donors (Lipinski definition) is 1. The summed E-state index contributed by atoms with van der Waals surface area (Å²) in [5, 5.41) is 3.48. The summed E-state index contributed by atoms with van der Waals surface area (Å²) in [5.41, 5.74) is 0.465. The van der Waals surface area contributed by atoms with Gasteiger partial charge in [0, 0.05) is 24.2 Å². The molecule has 20 heavy (non-hydrogen) atoms. The van der Waals surface area contributed by atoms with Crippen LogP contribution < -0.4 is 5.32 Å². The molecule has 2 fully saturated rings. The highest BCUT2D eigenvalue weighted by Gasteiger charge is 2.34. The van der Waals surface area contributed by atoms with Crippen LogP contribution in [0.4, 0.5) is 4.39 Å². The van der Waals surface area contributed by atoms with Gasteiger partial charge in [-0.15, -0.1) is 0 Å². The molecule has 0 aromatic heterocycles. The fourth-order valence-electron chi connectivity index (χ4n) is 2.89. The molecule has 1 aromatic carbocycles. The molecule has 1 aliphatic heterocycles. The molecule has 0 radical (unpaired) electrons. The topological polar surface area (TPSA) is 32.3 Å². The fourth-order valence-corrected chi connectivity index (χ4v) is 2.89. The van der Waals surface area contributed by atoms with Crippen molar-refractivity contribution in [1.82, 2.24) is 10.2 Å². The molecule has 1 aliphatic carbocycles. The quantitative estimate of drug-likeness (QED) is 0.916. The first-order valence-corrected chi connectivity index (χ1v) is 7.54. The maximum absolute atomic E-state index is 13.3. The summed E-state index contributed by atoms with van der Waals surface area (Å²) in [4.78, 5) is 14.5. The van der Waals surface area contributed by atoms with E-state index < -0.39 is 0 Å². The van der Waals surface area contributed by atoms with Crippen molar-refractivity contribution in [2.75, 3.05) is 13.1 Å². The smallest absolute Gasteiger partial charge is 0.254 e. The van der Waals surface area contributed by atoms with Gasteiger partial charge in [-0.2, -0.15) is 0 Å². The third-order valence-electron chi connectivity index (χ3n) is 4.15. The second kappa shape index (κ2) is 5.92. The van der Waals surface area contributed by atoms with E-state index in [0.717, 1.165) is 32.4 Å². The Balaban J connectivity index is 1.71. The maximum Gasteiger partial charge on any atom is 0.254 e. The lowest BCUT2D eigenvalue weighted by Gasteiger charge is -2.31. The highest BCUT2D eigenvalue weighted by molar-refractivity contribution is 5.94. The average Bonchev–Trinajstić information content (AvgIpc) is 3.30. The van der Waals surface area contributed by atoms with Gasteiger partial charge in [-0.05, 0) is 50.4 Å². The fraction of sp³-hybridized carbons (Fsp3) is 0.562. The molecule has 1 heterocycles. The van der Waals surface area contributed by atoms with Gasteiger partial charge in [-0.25, -0.2) is 4.39 Å². The Bertz CT molecular complexity index is 481. The van der Waals surface area contributed by atoms with E-state index in [9.17, 15) is 9.18 Å². The summed E-state index contributed by atoms with van der Waals surface area (Å²) < 4.78 is 13.3. The van der Waals surface area contributed by atoms with Crippen molar-refractivity contribution < 1.29 is 9.18 Å². The zero-order valence-electron chi connectivity index (χ0n) is 11.6. The van der Waals surface area contributed by atoms with Gasteiger partial charge in [-0.1, -0.05) is 12.5 Å². The standard InChI is InChI=1S/C16H21FN2O/c17-13-5-3-4-12(10-13)16(20)19(15-7-8-15)11-14-6-1-2-9-18-14/h3-5,10,14-15,18H,1-2,6-9,11H2. The Hall–Kier alpha value is -1.42. The van der Waals surface area contributed by atoms with Crippen LogP contribution in [0.15, 0.2) is 24.3 Å². The van der Waals surface area contributed by atoms with Gasteiger partial charge in [0.1, 0.15) is 5.82 Å². The van der Waals surface area contributed by atoms with Crippen LogP contribution in [0.2, 0.25) is 0 Å². The number of nitrogens with one attached hydrogen (secondary N) is 1. The van der Waals surface area contributed by atoms with Crippen LogP contribution in [0.25, 0.3) is 0 Å². The minimum atomic E-state index is -0.345. The van der Waals surface area contributed by atoms with Crippen molar-refractivity contribution in [2.24, 2.45) is 0 Å². The van der Waals surface area contributed by atoms with E-state index in [4.69, 9.17) is 0 Å². The number of rotatable bonds is 4. The number of amides is 1.